The Bertz CT molecular complexity index is 507. The third-order valence-corrected chi connectivity index (χ3v) is 4.68. The van der Waals surface area contributed by atoms with Crippen LogP contribution in [-0.4, -0.2) is 11.5 Å². The molecule has 1 aromatic carbocycles. The van der Waals surface area contributed by atoms with E-state index in [1.807, 2.05) is 6.20 Å². The van der Waals surface area contributed by atoms with Crippen molar-refractivity contribution < 1.29 is 0 Å². The first-order chi connectivity index (χ1) is 8.84. The summed E-state index contributed by atoms with van der Waals surface area (Å²) in [4.78, 5) is 4.38. The highest BCUT2D eigenvalue weighted by molar-refractivity contribution is 7.09. The van der Waals surface area contributed by atoms with Gasteiger partial charge in [-0.05, 0) is 24.0 Å². The maximum absolute atomic E-state index is 4.38. The van der Waals surface area contributed by atoms with Crippen LogP contribution in [0, 0.1) is 0 Å². The van der Waals surface area contributed by atoms with E-state index in [9.17, 15) is 0 Å². The fraction of sp³-hybridized carbons (Fsp3) is 0.400. The van der Waals surface area contributed by atoms with Gasteiger partial charge in [0.25, 0.3) is 0 Å². The van der Waals surface area contributed by atoms with Crippen LogP contribution in [0.5, 0.6) is 0 Å². The number of aromatic nitrogens is 1. The van der Waals surface area contributed by atoms with Gasteiger partial charge in [0.15, 0.2) is 0 Å². The van der Waals surface area contributed by atoms with Crippen molar-refractivity contribution in [1.82, 2.24) is 10.3 Å². The molecule has 2 atom stereocenters. The molecule has 0 aliphatic heterocycles. The summed E-state index contributed by atoms with van der Waals surface area (Å²) >= 11 is 1.75. The molecule has 1 aliphatic carbocycles. The summed E-state index contributed by atoms with van der Waals surface area (Å²) in [5, 5.41) is 6.98. The molecule has 0 saturated carbocycles. The average molecular weight is 258 g/mol. The lowest BCUT2D eigenvalue weighted by Gasteiger charge is -2.16. The SMILES string of the molecule is CC(CNC1CCc2ccccc21)c1nccs1. The lowest BCUT2D eigenvalue weighted by Crippen LogP contribution is -2.24. The lowest BCUT2D eigenvalue weighted by atomic mass is 10.1. The summed E-state index contributed by atoms with van der Waals surface area (Å²) in [6.45, 7) is 3.25. The summed E-state index contributed by atoms with van der Waals surface area (Å²) in [5.41, 5.74) is 3.00. The smallest absolute Gasteiger partial charge is 0.0965 e. The van der Waals surface area contributed by atoms with Gasteiger partial charge in [-0.15, -0.1) is 11.3 Å². The van der Waals surface area contributed by atoms with Gasteiger partial charge in [-0.25, -0.2) is 4.98 Å². The van der Waals surface area contributed by atoms with Crippen LogP contribution in [-0.2, 0) is 6.42 Å². The number of benzene rings is 1. The molecule has 3 rings (SSSR count). The van der Waals surface area contributed by atoms with Gasteiger partial charge in [0.1, 0.15) is 0 Å². The van der Waals surface area contributed by atoms with Crippen molar-refractivity contribution in [2.24, 2.45) is 0 Å². The molecule has 2 nitrogen and oxygen atoms in total. The van der Waals surface area contributed by atoms with E-state index in [0.29, 0.717) is 12.0 Å². The van der Waals surface area contributed by atoms with Crippen LogP contribution in [0.4, 0.5) is 0 Å². The quantitative estimate of drug-likeness (QED) is 0.907. The van der Waals surface area contributed by atoms with Crippen molar-refractivity contribution in [3.8, 4) is 0 Å². The van der Waals surface area contributed by atoms with Crippen LogP contribution >= 0.6 is 11.3 Å². The minimum atomic E-state index is 0.498. The van der Waals surface area contributed by atoms with Crippen LogP contribution < -0.4 is 5.32 Å². The number of hydrogen-bond acceptors (Lipinski definition) is 3. The van der Waals surface area contributed by atoms with Crippen LogP contribution in [0.25, 0.3) is 0 Å². The molecule has 0 amide bonds. The first-order valence-corrected chi connectivity index (χ1v) is 7.43. The normalized spacial score (nSPS) is 19.7. The van der Waals surface area contributed by atoms with Gasteiger partial charge >= 0.3 is 0 Å². The number of nitrogens with zero attached hydrogens (tertiary/aromatic N) is 1. The molecule has 3 heteroatoms. The van der Waals surface area contributed by atoms with Crippen LogP contribution in [0.3, 0.4) is 0 Å². The number of nitrogens with one attached hydrogen (secondary N) is 1. The molecule has 1 heterocycles. The minimum Gasteiger partial charge on any atom is -0.309 e. The van der Waals surface area contributed by atoms with Gasteiger partial charge < -0.3 is 5.32 Å². The molecule has 1 N–H and O–H groups in total. The van der Waals surface area contributed by atoms with Crippen molar-refractivity contribution in [3.05, 3.63) is 52.0 Å². The monoisotopic (exact) mass is 258 g/mol. The Morgan fingerprint density at radius 1 is 1.44 bits per heavy atom. The molecule has 0 radical (unpaired) electrons. The Morgan fingerprint density at radius 2 is 2.33 bits per heavy atom. The Balaban J connectivity index is 1.62. The minimum absolute atomic E-state index is 0.498. The predicted molar refractivity (Wildman–Crippen MR) is 76.0 cm³/mol. The second kappa shape index (κ2) is 5.21. The summed E-state index contributed by atoms with van der Waals surface area (Å²) in [7, 11) is 0. The van der Waals surface area contributed by atoms with Crippen LogP contribution in [0.2, 0.25) is 0 Å². The largest absolute Gasteiger partial charge is 0.309 e. The molecule has 94 valence electrons. The van der Waals surface area contributed by atoms with Crippen molar-refractivity contribution in [1.29, 1.82) is 0 Å². The predicted octanol–water partition coefficient (Wildman–Crippen LogP) is 3.52. The van der Waals surface area contributed by atoms with E-state index < -0.39 is 0 Å². The highest BCUT2D eigenvalue weighted by Gasteiger charge is 2.22. The second-order valence-electron chi connectivity index (χ2n) is 4.97. The standard InChI is InChI=1S/C15H18N2S/c1-11(15-16-8-9-18-15)10-17-14-7-6-12-4-2-3-5-13(12)14/h2-5,8-9,11,14,17H,6-7,10H2,1H3. The zero-order valence-electron chi connectivity index (χ0n) is 10.6. The highest BCUT2D eigenvalue weighted by atomic mass is 32.1. The van der Waals surface area contributed by atoms with Gasteiger partial charge in [-0.2, -0.15) is 0 Å². The molecule has 2 unspecified atom stereocenters. The zero-order chi connectivity index (χ0) is 12.4. The van der Waals surface area contributed by atoms with Crippen LogP contribution in [0.1, 0.15) is 41.4 Å². The summed E-state index contributed by atoms with van der Waals surface area (Å²) in [6.07, 6.45) is 4.32. The Labute approximate surface area is 112 Å². The van der Waals surface area contributed by atoms with Gasteiger partial charge in [-0.3, -0.25) is 0 Å². The fourth-order valence-corrected chi connectivity index (χ4v) is 3.35. The molecule has 0 fully saturated rings. The number of thiazole rings is 1. The van der Waals surface area contributed by atoms with E-state index >= 15 is 0 Å². The number of hydrogen-bond donors (Lipinski definition) is 1. The Kier molecular flexibility index (Phi) is 3.43. The van der Waals surface area contributed by atoms with E-state index in [1.54, 1.807) is 11.3 Å². The molecule has 1 aliphatic rings. The Hall–Kier alpha value is -1.19. The number of aryl methyl sites for hydroxylation is 1. The van der Waals surface area contributed by atoms with Gasteiger partial charge in [0, 0.05) is 30.1 Å². The molecule has 0 bridgehead atoms. The van der Waals surface area contributed by atoms with Gasteiger partial charge in [0.2, 0.25) is 0 Å². The number of fused-ring (bicyclic) bond motifs is 1. The lowest BCUT2D eigenvalue weighted by molar-refractivity contribution is 0.503. The van der Waals surface area contributed by atoms with E-state index in [1.165, 1.54) is 29.0 Å². The first kappa shape index (κ1) is 11.9. The van der Waals surface area contributed by atoms with Gasteiger partial charge in [0.05, 0.1) is 5.01 Å². The van der Waals surface area contributed by atoms with E-state index in [4.69, 9.17) is 0 Å². The maximum atomic E-state index is 4.38. The average Bonchev–Trinajstić information content (AvgIpc) is 3.06. The second-order valence-corrected chi connectivity index (χ2v) is 5.90. The van der Waals surface area contributed by atoms with Crippen molar-refractivity contribution >= 4 is 11.3 Å². The van der Waals surface area contributed by atoms with Crippen molar-refractivity contribution in [2.45, 2.75) is 31.7 Å². The summed E-state index contributed by atoms with van der Waals surface area (Å²) < 4.78 is 0. The molecule has 0 spiro atoms. The molecule has 2 aromatic rings. The van der Waals surface area contributed by atoms with E-state index in [0.717, 1.165) is 6.54 Å². The molecule has 0 saturated heterocycles. The van der Waals surface area contributed by atoms with E-state index in [-0.39, 0.29) is 0 Å². The molecule has 1 aromatic heterocycles. The topological polar surface area (TPSA) is 24.9 Å². The molecular formula is C15H18N2S. The van der Waals surface area contributed by atoms with E-state index in [2.05, 4.69) is 46.9 Å². The van der Waals surface area contributed by atoms with Gasteiger partial charge in [-0.1, -0.05) is 31.2 Å². The number of rotatable bonds is 4. The third-order valence-electron chi connectivity index (χ3n) is 3.68. The summed E-state index contributed by atoms with van der Waals surface area (Å²) in [5.74, 6) is 0.498. The zero-order valence-corrected chi connectivity index (χ0v) is 11.4. The molecular weight excluding hydrogens is 240 g/mol. The maximum Gasteiger partial charge on any atom is 0.0965 e. The summed E-state index contributed by atoms with van der Waals surface area (Å²) in [6, 6.07) is 9.32. The highest BCUT2D eigenvalue weighted by Crippen LogP contribution is 2.31. The van der Waals surface area contributed by atoms with Crippen molar-refractivity contribution in [3.63, 3.8) is 0 Å². The van der Waals surface area contributed by atoms with Crippen molar-refractivity contribution in [2.75, 3.05) is 6.54 Å². The third kappa shape index (κ3) is 2.33. The Morgan fingerprint density at radius 3 is 3.17 bits per heavy atom. The molecule has 18 heavy (non-hydrogen) atoms. The van der Waals surface area contributed by atoms with Crippen LogP contribution in [0.15, 0.2) is 35.8 Å². The first-order valence-electron chi connectivity index (χ1n) is 6.55. The fourth-order valence-electron chi connectivity index (χ4n) is 2.65.